The third kappa shape index (κ3) is 3.09. The SMILES string of the molecule is CC(=O)OC[C@H](C)[C@H]1CC[C@H]2[C@@H]3CC=C4C[C@@H](O)CC[C@]4(C)[C@H]3CC[C@]12C. The van der Waals surface area contributed by atoms with Gasteiger partial charge in [0.1, 0.15) is 0 Å². The maximum Gasteiger partial charge on any atom is 0.302 e. The Morgan fingerprint density at radius 1 is 1.22 bits per heavy atom. The van der Waals surface area contributed by atoms with E-state index < -0.39 is 0 Å². The van der Waals surface area contributed by atoms with Gasteiger partial charge in [-0.05, 0) is 91.8 Å². The molecule has 3 fully saturated rings. The largest absolute Gasteiger partial charge is 0.466 e. The van der Waals surface area contributed by atoms with E-state index in [0.717, 1.165) is 37.0 Å². The first-order chi connectivity index (χ1) is 12.8. The summed E-state index contributed by atoms with van der Waals surface area (Å²) in [5, 5.41) is 10.2. The van der Waals surface area contributed by atoms with Gasteiger partial charge in [0.05, 0.1) is 12.7 Å². The van der Waals surface area contributed by atoms with Gasteiger partial charge in [-0.25, -0.2) is 0 Å². The predicted octanol–water partition coefficient (Wildman–Crippen LogP) is 5.13. The predicted molar refractivity (Wildman–Crippen MR) is 107 cm³/mol. The van der Waals surface area contributed by atoms with Crippen LogP contribution in [0.4, 0.5) is 0 Å². The number of aliphatic hydroxyl groups excluding tert-OH is 1. The molecule has 0 aliphatic heterocycles. The Kier molecular flexibility index (Phi) is 4.98. The van der Waals surface area contributed by atoms with Crippen LogP contribution in [0, 0.1) is 40.4 Å². The number of fused-ring (bicyclic) bond motifs is 5. The second kappa shape index (κ2) is 6.90. The molecule has 0 saturated heterocycles. The number of hydrogen-bond donors (Lipinski definition) is 1. The molecule has 0 aromatic rings. The minimum Gasteiger partial charge on any atom is -0.466 e. The Morgan fingerprint density at radius 2 is 2.00 bits per heavy atom. The molecule has 0 heterocycles. The molecule has 3 nitrogen and oxygen atoms in total. The van der Waals surface area contributed by atoms with Gasteiger partial charge >= 0.3 is 5.97 Å². The summed E-state index contributed by atoms with van der Waals surface area (Å²) in [4.78, 5) is 11.3. The summed E-state index contributed by atoms with van der Waals surface area (Å²) in [7, 11) is 0. The van der Waals surface area contributed by atoms with Crippen molar-refractivity contribution < 1.29 is 14.6 Å². The highest BCUT2D eigenvalue weighted by Crippen LogP contribution is 2.67. The molecule has 0 unspecified atom stereocenters. The monoisotopic (exact) mass is 374 g/mol. The van der Waals surface area contributed by atoms with E-state index in [0.29, 0.717) is 29.3 Å². The number of ether oxygens (including phenoxy) is 1. The summed E-state index contributed by atoms with van der Waals surface area (Å²) in [5.41, 5.74) is 2.28. The zero-order valence-electron chi connectivity index (χ0n) is 17.7. The highest BCUT2D eigenvalue weighted by Gasteiger charge is 2.59. The minimum absolute atomic E-state index is 0.118. The average molecular weight is 375 g/mol. The molecule has 27 heavy (non-hydrogen) atoms. The molecule has 4 aliphatic carbocycles. The van der Waals surface area contributed by atoms with Gasteiger partial charge in [-0.1, -0.05) is 32.4 Å². The van der Waals surface area contributed by atoms with Crippen LogP contribution < -0.4 is 0 Å². The summed E-state index contributed by atoms with van der Waals surface area (Å²) >= 11 is 0. The Bertz CT molecular complexity index is 625. The topological polar surface area (TPSA) is 46.5 Å². The van der Waals surface area contributed by atoms with E-state index in [4.69, 9.17) is 4.74 Å². The first-order valence-corrected chi connectivity index (χ1v) is 11.3. The second-order valence-electron chi connectivity index (χ2n) is 10.7. The van der Waals surface area contributed by atoms with Gasteiger partial charge in [0.25, 0.3) is 0 Å². The number of allylic oxidation sites excluding steroid dienone is 1. The molecule has 0 aromatic carbocycles. The van der Waals surface area contributed by atoms with Gasteiger partial charge in [-0.3, -0.25) is 4.79 Å². The fourth-order valence-electron chi connectivity index (χ4n) is 7.98. The van der Waals surface area contributed by atoms with Gasteiger partial charge < -0.3 is 9.84 Å². The minimum atomic E-state index is -0.150. The van der Waals surface area contributed by atoms with Gasteiger partial charge in [0, 0.05) is 6.92 Å². The van der Waals surface area contributed by atoms with Crippen molar-refractivity contribution in [3.05, 3.63) is 11.6 Å². The lowest BCUT2D eigenvalue weighted by Crippen LogP contribution is -2.51. The Morgan fingerprint density at radius 3 is 2.74 bits per heavy atom. The number of carbonyl (C=O) groups is 1. The van der Waals surface area contributed by atoms with Crippen molar-refractivity contribution >= 4 is 5.97 Å². The van der Waals surface area contributed by atoms with Crippen LogP contribution in [-0.2, 0) is 9.53 Å². The Labute approximate surface area is 164 Å². The molecule has 4 rings (SSSR count). The van der Waals surface area contributed by atoms with E-state index in [2.05, 4.69) is 26.8 Å². The van der Waals surface area contributed by atoms with Crippen LogP contribution in [0.2, 0.25) is 0 Å². The summed E-state index contributed by atoms with van der Waals surface area (Å²) in [5.74, 6) is 3.39. The standard InChI is InChI=1S/C24H38O3/c1-15(14-27-16(2)25)20-7-8-21-19-6-5-17-13-18(26)9-11-23(17,3)22(19)10-12-24(20,21)4/h5,15,18-22,26H,6-14H2,1-4H3/t15-,18-,19-,20+,21-,22-,23-,24+/m0/s1. The van der Waals surface area contributed by atoms with Crippen molar-refractivity contribution in [1.82, 2.24) is 0 Å². The van der Waals surface area contributed by atoms with E-state index in [1.165, 1.54) is 39.0 Å². The fraction of sp³-hybridized carbons (Fsp3) is 0.875. The maximum atomic E-state index is 11.3. The zero-order chi connectivity index (χ0) is 19.4. The van der Waals surface area contributed by atoms with Gasteiger partial charge in [-0.2, -0.15) is 0 Å². The Balaban J connectivity index is 1.54. The lowest BCUT2D eigenvalue weighted by atomic mass is 9.47. The lowest BCUT2D eigenvalue weighted by Gasteiger charge is -2.58. The molecule has 0 aromatic heterocycles. The van der Waals surface area contributed by atoms with E-state index in [1.807, 2.05) is 0 Å². The van der Waals surface area contributed by atoms with Crippen molar-refractivity contribution in [3.63, 3.8) is 0 Å². The average Bonchev–Trinajstić information content (AvgIpc) is 2.97. The van der Waals surface area contributed by atoms with Crippen molar-refractivity contribution in [2.45, 2.75) is 85.2 Å². The third-order valence-corrected chi connectivity index (χ3v) is 9.39. The summed E-state index contributed by atoms with van der Waals surface area (Å²) < 4.78 is 5.37. The number of esters is 1. The smallest absolute Gasteiger partial charge is 0.302 e. The molecule has 0 amide bonds. The molecule has 0 bridgehead atoms. The first-order valence-electron chi connectivity index (χ1n) is 11.3. The van der Waals surface area contributed by atoms with Crippen LogP contribution in [0.5, 0.6) is 0 Å². The summed E-state index contributed by atoms with van der Waals surface area (Å²) in [6.45, 7) is 9.43. The van der Waals surface area contributed by atoms with Gasteiger partial charge in [-0.15, -0.1) is 0 Å². The van der Waals surface area contributed by atoms with Crippen LogP contribution >= 0.6 is 0 Å². The third-order valence-electron chi connectivity index (χ3n) is 9.39. The molecule has 0 spiro atoms. The van der Waals surface area contributed by atoms with Crippen molar-refractivity contribution in [2.24, 2.45) is 40.4 Å². The molecule has 1 N–H and O–H groups in total. The number of hydrogen-bond acceptors (Lipinski definition) is 3. The zero-order valence-corrected chi connectivity index (χ0v) is 17.7. The van der Waals surface area contributed by atoms with Gasteiger partial charge in [0.2, 0.25) is 0 Å². The van der Waals surface area contributed by atoms with E-state index in [1.54, 1.807) is 5.57 Å². The van der Waals surface area contributed by atoms with E-state index in [9.17, 15) is 9.90 Å². The normalized spacial score (nSPS) is 47.3. The molecular weight excluding hydrogens is 336 g/mol. The molecule has 4 aliphatic rings. The van der Waals surface area contributed by atoms with E-state index >= 15 is 0 Å². The number of carbonyl (C=O) groups excluding carboxylic acids is 1. The first kappa shape index (κ1) is 19.5. The number of aliphatic hydroxyl groups is 1. The molecular formula is C24H38O3. The van der Waals surface area contributed by atoms with Crippen LogP contribution in [0.3, 0.4) is 0 Å². The Hall–Kier alpha value is -0.830. The highest BCUT2D eigenvalue weighted by atomic mass is 16.5. The van der Waals surface area contributed by atoms with Gasteiger partial charge in [0.15, 0.2) is 0 Å². The van der Waals surface area contributed by atoms with Crippen LogP contribution in [-0.4, -0.2) is 23.8 Å². The van der Waals surface area contributed by atoms with Crippen molar-refractivity contribution in [3.8, 4) is 0 Å². The maximum absolute atomic E-state index is 11.3. The molecule has 3 saturated carbocycles. The van der Waals surface area contributed by atoms with Crippen molar-refractivity contribution in [1.29, 1.82) is 0 Å². The van der Waals surface area contributed by atoms with Crippen molar-refractivity contribution in [2.75, 3.05) is 6.61 Å². The molecule has 0 radical (unpaired) electrons. The van der Waals surface area contributed by atoms with Crippen LogP contribution in [0.1, 0.15) is 79.1 Å². The highest BCUT2D eigenvalue weighted by molar-refractivity contribution is 5.65. The summed E-state index contributed by atoms with van der Waals surface area (Å²) in [6, 6.07) is 0. The quantitative estimate of drug-likeness (QED) is 0.550. The molecule has 3 heteroatoms. The fourth-order valence-corrected chi connectivity index (χ4v) is 7.98. The number of rotatable bonds is 3. The summed E-state index contributed by atoms with van der Waals surface area (Å²) in [6.07, 6.45) is 11.9. The lowest BCUT2D eigenvalue weighted by molar-refractivity contribution is -0.143. The van der Waals surface area contributed by atoms with Crippen LogP contribution in [0.15, 0.2) is 11.6 Å². The second-order valence-corrected chi connectivity index (χ2v) is 10.7. The molecule has 8 atom stereocenters. The van der Waals surface area contributed by atoms with Crippen LogP contribution in [0.25, 0.3) is 0 Å². The molecule has 152 valence electrons. The van der Waals surface area contributed by atoms with E-state index in [-0.39, 0.29) is 12.1 Å².